The van der Waals surface area contributed by atoms with Gasteiger partial charge < -0.3 is 5.32 Å². The third kappa shape index (κ3) is 2.28. The summed E-state index contributed by atoms with van der Waals surface area (Å²) in [5.74, 6) is 0. The summed E-state index contributed by atoms with van der Waals surface area (Å²) in [4.78, 5) is 3.80. The van der Waals surface area contributed by atoms with Gasteiger partial charge in [-0.25, -0.2) is 0 Å². The average Bonchev–Trinajstić information content (AvgIpc) is 2.70. The molecule has 1 aromatic carbocycles. The van der Waals surface area contributed by atoms with Gasteiger partial charge in [0.25, 0.3) is 0 Å². The first kappa shape index (κ1) is 12.4. The minimum Gasteiger partial charge on any atom is -0.314 e. The van der Waals surface area contributed by atoms with Gasteiger partial charge in [-0.3, -0.25) is 4.90 Å². The zero-order chi connectivity index (χ0) is 12.5. The second-order valence-electron chi connectivity index (χ2n) is 4.86. The van der Waals surface area contributed by atoms with Crippen molar-refractivity contribution in [3.05, 3.63) is 34.2 Å². The van der Waals surface area contributed by atoms with E-state index in [1.807, 2.05) is 11.3 Å². The van der Waals surface area contributed by atoms with E-state index in [-0.39, 0.29) is 0 Å². The number of benzene rings is 1. The van der Waals surface area contributed by atoms with Crippen molar-refractivity contribution in [3.63, 3.8) is 0 Å². The second kappa shape index (κ2) is 5.17. The third-order valence-electron chi connectivity index (χ3n) is 3.59. The minimum absolute atomic E-state index is 0.583. The van der Waals surface area contributed by atoms with Crippen LogP contribution in [0.25, 0.3) is 10.1 Å². The van der Waals surface area contributed by atoms with E-state index >= 15 is 0 Å². The van der Waals surface area contributed by atoms with Gasteiger partial charge in [0.15, 0.2) is 0 Å². The number of nitrogens with one attached hydrogen (secondary N) is 1. The Morgan fingerprint density at radius 1 is 1.44 bits per heavy atom. The maximum Gasteiger partial charge on any atom is 0.0637 e. The van der Waals surface area contributed by atoms with Crippen molar-refractivity contribution in [2.24, 2.45) is 0 Å². The molecular formula is C14H17ClN2S. The van der Waals surface area contributed by atoms with E-state index in [4.69, 9.17) is 11.6 Å². The molecule has 2 aromatic rings. The maximum absolute atomic E-state index is 6.49. The van der Waals surface area contributed by atoms with Crippen LogP contribution in [0.4, 0.5) is 0 Å². The lowest BCUT2D eigenvalue weighted by Crippen LogP contribution is -2.49. The van der Waals surface area contributed by atoms with Crippen molar-refractivity contribution in [1.82, 2.24) is 10.2 Å². The van der Waals surface area contributed by atoms with E-state index in [0.29, 0.717) is 6.04 Å². The predicted molar refractivity (Wildman–Crippen MR) is 79.6 cm³/mol. The van der Waals surface area contributed by atoms with Gasteiger partial charge in [-0.2, -0.15) is 0 Å². The smallest absolute Gasteiger partial charge is 0.0637 e. The number of hydrogen-bond donors (Lipinski definition) is 1. The highest BCUT2D eigenvalue weighted by molar-refractivity contribution is 7.19. The van der Waals surface area contributed by atoms with Gasteiger partial charge in [0.2, 0.25) is 0 Å². The Morgan fingerprint density at radius 3 is 3.06 bits per heavy atom. The summed E-state index contributed by atoms with van der Waals surface area (Å²) in [5.41, 5.74) is 0. The molecule has 1 aliphatic rings. The molecule has 2 heterocycles. The fourth-order valence-electron chi connectivity index (χ4n) is 2.47. The molecule has 0 bridgehead atoms. The molecule has 0 spiro atoms. The summed E-state index contributed by atoms with van der Waals surface area (Å²) in [6.45, 7) is 6.50. The summed E-state index contributed by atoms with van der Waals surface area (Å²) >= 11 is 8.32. The van der Waals surface area contributed by atoms with Gasteiger partial charge in [0.05, 0.1) is 5.02 Å². The second-order valence-corrected chi connectivity index (χ2v) is 6.37. The molecule has 2 nitrogen and oxygen atoms in total. The first-order chi connectivity index (χ1) is 8.75. The van der Waals surface area contributed by atoms with Gasteiger partial charge in [0, 0.05) is 47.2 Å². The zero-order valence-corrected chi connectivity index (χ0v) is 12.0. The molecule has 4 heteroatoms. The highest BCUT2D eigenvalue weighted by Crippen LogP contribution is 2.36. The van der Waals surface area contributed by atoms with Crippen LogP contribution in [0, 0.1) is 0 Å². The minimum atomic E-state index is 0.583. The fourth-order valence-corrected chi connectivity index (χ4v) is 3.99. The average molecular weight is 281 g/mol. The van der Waals surface area contributed by atoms with Crippen LogP contribution in [0.15, 0.2) is 24.3 Å². The lowest BCUT2D eigenvalue weighted by Gasteiger charge is -2.33. The molecule has 0 radical (unpaired) electrons. The van der Waals surface area contributed by atoms with Gasteiger partial charge >= 0.3 is 0 Å². The molecule has 1 N–H and O–H groups in total. The van der Waals surface area contributed by atoms with Crippen LogP contribution in [0.5, 0.6) is 0 Å². The molecule has 0 aliphatic carbocycles. The van der Waals surface area contributed by atoms with Crippen LogP contribution in [-0.2, 0) is 6.54 Å². The molecule has 3 rings (SSSR count). The van der Waals surface area contributed by atoms with Gasteiger partial charge in [0.1, 0.15) is 0 Å². The standard InChI is InChI=1S/C14H17ClN2S/c1-10-8-16-6-7-17(10)9-13-14(15)11-4-2-3-5-12(11)18-13/h2-5,10,16H,6-9H2,1H3. The highest BCUT2D eigenvalue weighted by Gasteiger charge is 2.20. The summed E-state index contributed by atoms with van der Waals surface area (Å²) in [6.07, 6.45) is 0. The maximum atomic E-state index is 6.49. The van der Waals surface area contributed by atoms with Crippen LogP contribution < -0.4 is 5.32 Å². The summed E-state index contributed by atoms with van der Waals surface area (Å²) < 4.78 is 1.29. The quantitative estimate of drug-likeness (QED) is 0.908. The molecule has 0 amide bonds. The number of halogens is 1. The Balaban J connectivity index is 1.88. The largest absolute Gasteiger partial charge is 0.314 e. The van der Waals surface area contributed by atoms with Crippen molar-refractivity contribution < 1.29 is 0 Å². The number of nitrogens with zero attached hydrogens (tertiary/aromatic N) is 1. The summed E-state index contributed by atoms with van der Waals surface area (Å²) in [6, 6.07) is 8.97. The first-order valence-electron chi connectivity index (χ1n) is 6.36. The van der Waals surface area contributed by atoms with Gasteiger partial charge in [-0.05, 0) is 13.0 Å². The number of thiophene rings is 1. The molecular weight excluding hydrogens is 264 g/mol. The van der Waals surface area contributed by atoms with Gasteiger partial charge in [-0.15, -0.1) is 11.3 Å². The third-order valence-corrected chi connectivity index (χ3v) is 5.29. The summed E-state index contributed by atoms with van der Waals surface area (Å²) in [7, 11) is 0. The van der Waals surface area contributed by atoms with E-state index in [0.717, 1.165) is 31.2 Å². The van der Waals surface area contributed by atoms with Crippen molar-refractivity contribution in [2.45, 2.75) is 19.5 Å². The Hall–Kier alpha value is -0.610. The molecule has 1 fully saturated rings. The van der Waals surface area contributed by atoms with Gasteiger partial charge in [-0.1, -0.05) is 29.8 Å². The molecule has 18 heavy (non-hydrogen) atoms. The Bertz CT molecular complexity index is 552. The van der Waals surface area contributed by atoms with Crippen molar-refractivity contribution in [1.29, 1.82) is 0 Å². The van der Waals surface area contributed by atoms with Crippen molar-refractivity contribution in [2.75, 3.05) is 19.6 Å². The monoisotopic (exact) mass is 280 g/mol. The molecule has 0 saturated carbocycles. The van der Waals surface area contributed by atoms with Crippen LogP contribution in [0.2, 0.25) is 5.02 Å². The predicted octanol–water partition coefficient (Wildman–Crippen LogP) is 3.35. The van der Waals surface area contributed by atoms with E-state index in [1.165, 1.54) is 15.0 Å². The fraction of sp³-hybridized carbons (Fsp3) is 0.429. The van der Waals surface area contributed by atoms with E-state index in [9.17, 15) is 0 Å². The first-order valence-corrected chi connectivity index (χ1v) is 7.56. The highest BCUT2D eigenvalue weighted by atomic mass is 35.5. The molecule has 1 unspecified atom stereocenters. The van der Waals surface area contributed by atoms with Crippen molar-refractivity contribution in [3.8, 4) is 0 Å². The Morgan fingerprint density at radius 2 is 2.28 bits per heavy atom. The van der Waals surface area contributed by atoms with E-state index < -0.39 is 0 Å². The molecule has 1 atom stereocenters. The van der Waals surface area contributed by atoms with Crippen LogP contribution in [0.1, 0.15) is 11.8 Å². The van der Waals surface area contributed by atoms with E-state index in [1.54, 1.807) is 0 Å². The van der Waals surface area contributed by atoms with Crippen LogP contribution >= 0.6 is 22.9 Å². The van der Waals surface area contributed by atoms with E-state index in [2.05, 4.69) is 41.4 Å². The SMILES string of the molecule is CC1CNCCN1Cc1sc2ccccc2c1Cl. The number of fused-ring (bicyclic) bond motifs is 1. The number of hydrogen-bond acceptors (Lipinski definition) is 3. The molecule has 1 saturated heterocycles. The molecule has 1 aliphatic heterocycles. The Labute approximate surface area is 117 Å². The topological polar surface area (TPSA) is 15.3 Å². The normalized spacial score (nSPS) is 21.6. The van der Waals surface area contributed by atoms with Crippen LogP contribution in [0.3, 0.4) is 0 Å². The molecule has 96 valence electrons. The summed E-state index contributed by atoms with van der Waals surface area (Å²) in [5, 5.41) is 5.56. The lowest BCUT2D eigenvalue weighted by atomic mass is 10.2. The lowest BCUT2D eigenvalue weighted by molar-refractivity contribution is 0.167. The Kier molecular flexibility index (Phi) is 3.57. The zero-order valence-electron chi connectivity index (χ0n) is 10.4. The van der Waals surface area contributed by atoms with Crippen LogP contribution in [-0.4, -0.2) is 30.6 Å². The molecule has 1 aromatic heterocycles. The number of piperazine rings is 1. The number of rotatable bonds is 2. The van der Waals surface area contributed by atoms with Crippen molar-refractivity contribution >= 4 is 33.0 Å².